The Morgan fingerprint density at radius 3 is 2.22 bits per heavy atom. The Balaban J connectivity index is 4.19. The van der Waals surface area contributed by atoms with Crippen molar-refractivity contribution < 1.29 is 15.0 Å². The molecule has 0 saturated heterocycles. The number of carbonyl (C=O) groups excluding carboxylic acids is 1. The maximum atomic E-state index is 10.0. The Kier molecular flexibility index (Phi) is 2.95. The van der Waals surface area contributed by atoms with Gasteiger partial charge in [0.2, 0.25) is 0 Å². The van der Waals surface area contributed by atoms with Crippen LogP contribution in [-0.2, 0) is 4.79 Å². The minimum absolute atomic E-state index is 0.0741. The lowest BCUT2D eigenvalue weighted by Gasteiger charge is -2.09. The van der Waals surface area contributed by atoms with Crippen LogP contribution in [0.2, 0.25) is 0 Å². The Morgan fingerprint density at radius 1 is 1.78 bits per heavy atom. The number of aliphatic carboxylic acids is 1. The SMILES string of the molecule is C/C=C(/C(=O)[O-])C(C)O. The van der Waals surface area contributed by atoms with Crippen LogP contribution < -0.4 is 5.11 Å². The Hall–Kier alpha value is -0.830. The van der Waals surface area contributed by atoms with Crippen LogP contribution in [0.4, 0.5) is 0 Å². The largest absolute Gasteiger partial charge is 0.545 e. The van der Waals surface area contributed by atoms with E-state index < -0.39 is 12.1 Å². The van der Waals surface area contributed by atoms with E-state index in [1.165, 1.54) is 19.9 Å². The summed E-state index contributed by atoms with van der Waals surface area (Å²) in [6.07, 6.45) is 0.375. The Bertz CT molecular complexity index is 135. The zero-order valence-corrected chi connectivity index (χ0v) is 5.42. The van der Waals surface area contributed by atoms with Crippen molar-refractivity contribution in [2.45, 2.75) is 20.0 Å². The van der Waals surface area contributed by atoms with Gasteiger partial charge < -0.3 is 15.0 Å². The van der Waals surface area contributed by atoms with Crippen molar-refractivity contribution in [1.29, 1.82) is 0 Å². The third-order valence-electron chi connectivity index (χ3n) is 0.997. The molecule has 0 aromatic carbocycles. The van der Waals surface area contributed by atoms with Crippen molar-refractivity contribution >= 4 is 5.97 Å². The summed E-state index contributed by atoms with van der Waals surface area (Å²) in [5.41, 5.74) is -0.0741. The van der Waals surface area contributed by atoms with Gasteiger partial charge in [0, 0.05) is 0 Å². The van der Waals surface area contributed by atoms with E-state index in [1.807, 2.05) is 0 Å². The molecule has 0 radical (unpaired) electrons. The second-order valence-electron chi connectivity index (χ2n) is 1.71. The molecule has 3 heteroatoms. The smallest absolute Gasteiger partial charge is 0.0776 e. The first-order chi connectivity index (χ1) is 4.09. The molecule has 3 nitrogen and oxygen atoms in total. The van der Waals surface area contributed by atoms with Crippen molar-refractivity contribution in [3.63, 3.8) is 0 Å². The van der Waals surface area contributed by atoms with Crippen LogP contribution in [0.25, 0.3) is 0 Å². The van der Waals surface area contributed by atoms with E-state index >= 15 is 0 Å². The summed E-state index contributed by atoms with van der Waals surface area (Å²) in [6.45, 7) is 2.92. The molecule has 0 saturated carbocycles. The van der Waals surface area contributed by atoms with E-state index in [-0.39, 0.29) is 5.57 Å². The molecule has 0 aliphatic heterocycles. The van der Waals surface area contributed by atoms with Crippen LogP contribution in [-0.4, -0.2) is 17.2 Å². The van der Waals surface area contributed by atoms with E-state index in [4.69, 9.17) is 5.11 Å². The minimum atomic E-state index is -1.31. The van der Waals surface area contributed by atoms with Crippen molar-refractivity contribution in [2.75, 3.05) is 0 Å². The molecule has 9 heavy (non-hydrogen) atoms. The third-order valence-corrected chi connectivity index (χ3v) is 0.997. The molecular formula is C6H9O3-. The number of aliphatic hydroxyl groups excluding tert-OH is 1. The van der Waals surface area contributed by atoms with Gasteiger partial charge in [0.15, 0.2) is 0 Å². The van der Waals surface area contributed by atoms with Crippen LogP contribution in [0.15, 0.2) is 11.6 Å². The standard InChI is InChI=1S/C6H10O3/c1-3-5(4(2)7)6(8)9/h3-4,7H,1-2H3,(H,8,9)/p-1/b5-3+. The fraction of sp³-hybridized carbons (Fsp3) is 0.500. The van der Waals surface area contributed by atoms with Gasteiger partial charge in [-0.15, -0.1) is 0 Å². The minimum Gasteiger partial charge on any atom is -0.545 e. The molecule has 0 bridgehead atoms. The molecule has 0 amide bonds. The van der Waals surface area contributed by atoms with Gasteiger partial charge in [0.05, 0.1) is 12.1 Å². The zero-order chi connectivity index (χ0) is 7.44. The number of rotatable bonds is 2. The normalized spacial score (nSPS) is 15.2. The van der Waals surface area contributed by atoms with E-state index in [2.05, 4.69) is 0 Å². The van der Waals surface area contributed by atoms with Gasteiger partial charge in [0.25, 0.3) is 0 Å². The number of allylic oxidation sites excluding steroid dienone is 1. The van der Waals surface area contributed by atoms with E-state index in [0.29, 0.717) is 0 Å². The summed E-state index contributed by atoms with van der Waals surface area (Å²) >= 11 is 0. The number of carboxylic acid groups (broad SMARTS) is 1. The van der Waals surface area contributed by atoms with E-state index in [0.717, 1.165) is 0 Å². The predicted octanol–water partition coefficient (Wildman–Crippen LogP) is -0.937. The van der Waals surface area contributed by atoms with Gasteiger partial charge in [-0.25, -0.2) is 0 Å². The highest BCUT2D eigenvalue weighted by atomic mass is 16.4. The van der Waals surface area contributed by atoms with Crippen molar-refractivity contribution in [3.8, 4) is 0 Å². The predicted molar refractivity (Wildman–Crippen MR) is 30.4 cm³/mol. The van der Waals surface area contributed by atoms with Crippen LogP contribution in [0.3, 0.4) is 0 Å². The first-order valence-electron chi connectivity index (χ1n) is 2.65. The summed E-state index contributed by atoms with van der Waals surface area (Å²) in [5, 5.41) is 18.7. The maximum Gasteiger partial charge on any atom is 0.0776 e. The molecular weight excluding hydrogens is 120 g/mol. The molecule has 1 unspecified atom stereocenters. The highest BCUT2D eigenvalue weighted by molar-refractivity contribution is 5.85. The number of aliphatic hydroxyl groups is 1. The van der Waals surface area contributed by atoms with Gasteiger partial charge >= 0.3 is 0 Å². The van der Waals surface area contributed by atoms with Crippen molar-refractivity contribution in [1.82, 2.24) is 0 Å². The monoisotopic (exact) mass is 129 g/mol. The van der Waals surface area contributed by atoms with Crippen LogP contribution in [0, 0.1) is 0 Å². The van der Waals surface area contributed by atoms with E-state index in [1.54, 1.807) is 0 Å². The third kappa shape index (κ3) is 2.28. The molecule has 0 aromatic heterocycles. The van der Waals surface area contributed by atoms with Crippen molar-refractivity contribution in [3.05, 3.63) is 11.6 Å². The van der Waals surface area contributed by atoms with E-state index in [9.17, 15) is 9.90 Å². The second-order valence-corrected chi connectivity index (χ2v) is 1.71. The highest BCUT2D eigenvalue weighted by Gasteiger charge is 2.02. The maximum absolute atomic E-state index is 10.0. The lowest BCUT2D eigenvalue weighted by molar-refractivity contribution is -0.300. The lowest BCUT2D eigenvalue weighted by atomic mass is 10.1. The molecule has 0 rings (SSSR count). The second kappa shape index (κ2) is 3.25. The fourth-order valence-corrected chi connectivity index (χ4v) is 0.530. The average molecular weight is 129 g/mol. The summed E-state index contributed by atoms with van der Waals surface area (Å²) in [7, 11) is 0. The quantitative estimate of drug-likeness (QED) is 0.490. The van der Waals surface area contributed by atoms with Gasteiger partial charge in [-0.05, 0) is 19.4 Å². The summed E-state index contributed by atoms with van der Waals surface area (Å²) in [5.74, 6) is -1.31. The number of carboxylic acids is 1. The van der Waals surface area contributed by atoms with Crippen LogP contribution in [0.5, 0.6) is 0 Å². The van der Waals surface area contributed by atoms with Crippen molar-refractivity contribution in [2.24, 2.45) is 0 Å². The average Bonchev–Trinajstić information content (AvgIpc) is 1.64. The number of hydrogen-bond acceptors (Lipinski definition) is 3. The Labute approximate surface area is 53.6 Å². The first kappa shape index (κ1) is 8.17. The molecule has 0 heterocycles. The van der Waals surface area contributed by atoms with Crippen LogP contribution >= 0.6 is 0 Å². The fourth-order valence-electron chi connectivity index (χ4n) is 0.530. The zero-order valence-electron chi connectivity index (χ0n) is 5.42. The Morgan fingerprint density at radius 2 is 2.22 bits per heavy atom. The first-order valence-corrected chi connectivity index (χ1v) is 2.65. The molecule has 0 spiro atoms. The van der Waals surface area contributed by atoms with Gasteiger partial charge in [-0.2, -0.15) is 0 Å². The topological polar surface area (TPSA) is 60.4 Å². The highest BCUT2D eigenvalue weighted by Crippen LogP contribution is 1.98. The number of carbonyl (C=O) groups is 1. The molecule has 1 atom stereocenters. The van der Waals surface area contributed by atoms with Gasteiger partial charge in [-0.1, -0.05) is 6.08 Å². The van der Waals surface area contributed by atoms with Gasteiger partial charge in [0.1, 0.15) is 0 Å². The number of hydrogen-bond donors (Lipinski definition) is 1. The molecule has 52 valence electrons. The summed E-state index contributed by atoms with van der Waals surface area (Å²) in [6, 6.07) is 0. The molecule has 0 aromatic rings. The molecule has 0 aliphatic carbocycles. The summed E-state index contributed by atoms with van der Waals surface area (Å²) in [4.78, 5) is 10.0. The molecule has 0 aliphatic rings. The summed E-state index contributed by atoms with van der Waals surface area (Å²) < 4.78 is 0. The molecule has 0 fully saturated rings. The van der Waals surface area contributed by atoms with Crippen LogP contribution in [0.1, 0.15) is 13.8 Å². The lowest BCUT2D eigenvalue weighted by Crippen LogP contribution is -2.29. The van der Waals surface area contributed by atoms with Gasteiger partial charge in [-0.3, -0.25) is 0 Å². The molecule has 1 N–H and O–H groups in total.